The van der Waals surface area contributed by atoms with Crippen molar-refractivity contribution in [3.05, 3.63) is 95.8 Å². The zero-order valence-electron chi connectivity index (χ0n) is 19.9. The molecule has 1 aliphatic heterocycles. The van der Waals surface area contributed by atoms with E-state index in [-0.39, 0.29) is 23.7 Å². The largest absolute Gasteiger partial charge is 0.484 e. The molecular weight excluding hydrogens is 427 g/mol. The van der Waals surface area contributed by atoms with Gasteiger partial charge in [0, 0.05) is 18.2 Å². The van der Waals surface area contributed by atoms with Gasteiger partial charge in [0.25, 0.3) is 0 Å². The minimum Gasteiger partial charge on any atom is -0.484 e. The highest BCUT2D eigenvalue weighted by atomic mass is 19.1. The molecule has 1 fully saturated rings. The van der Waals surface area contributed by atoms with Gasteiger partial charge in [-0.25, -0.2) is 4.39 Å². The Bertz CT molecular complexity index is 1060. The van der Waals surface area contributed by atoms with Crippen molar-refractivity contribution in [2.24, 2.45) is 5.92 Å². The maximum absolute atomic E-state index is 13.3. The average molecular weight is 461 g/mol. The Labute approximate surface area is 201 Å². The maximum Gasteiger partial charge on any atom is 0.226 e. The van der Waals surface area contributed by atoms with Crippen molar-refractivity contribution in [3.8, 4) is 5.75 Å². The van der Waals surface area contributed by atoms with Crippen LogP contribution in [0.5, 0.6) is 5.75 Å². The lowest BCUT2D eigenvalue weighted by molar-refractivity contribution is -0.118. The third-order valence-corrected chi connectivity index (χ3v) is 6.42. The number of carbonyl (C=O) groups excluding carboxylic acids is 1. The molecular formula is C29H33FN2O2. The van der Waals surface area contributed by atoms with E-state index in [1.54, 1.807) is 12.1 Å². The highest BCUT2D eigenvalue weighted by molar-refractivity contribution is 5.92. The number of hydrogen-bond acceptors (Lipinski definition) is 3. The lowest BCUT2D eigenvalue weighted by atomic mass is 9.89. The molecule has 1 heterocycles. The zero-order chi connectivity index (χ0) is 23.9. The van der Waals surface area contributed by atoms with Gasteiger partial charge in [-0.1, -0.05) is 56.3 Å². The Balaban J connectivity index is 1.38. The number of nitrogens with one attached hydrogen (secondary N) is 1. The first-order valence-corrected chi connectivity index (χ1v) is 12.1. The van der Waals surface area contributed by atoms with E-state index in [2.05, 4.69) is 34.5 Å². The number of carbonyl (C=O) groups is 1. The summed E-state index contributed by atoms with van der Waals surface area (Å²) < 4.78 is 19.6. The standard InChI is InChI=1S/C29H33FN2O2/c1-21(2)29(33)31-26-10-6-9-24(19-26)22-15-17-32(18-16-22)20-28(23-7-4-3-5-8-23)34-27-13-11-25(30)12-14-27/h3-14,19,21-22,28H,15-18,20H2,1-2H3,(H,31,33)/t28-/m1/s1. The molecule has 178 valence electrons. The van der Waals surface area contributed by atoms with Crippen molar-refractivity contribution >= 4 is 11.6 Å². The summed E-state index contributed by atoms with van der Waals surface area (Å²) in [5.41, 5.74) is 3.27. The molecule has 4 rings (SSSR count). The van der Waals surface area contributed by atoms with Gasteiger partial charge in [0.1, 0.15) is 17.7 Å². The lowest BCUT2D eigenvalue weighted by Crippen LogP contribution is -2.37. The molecule has 1 N–H and O–H groups in total. The molecule has 0 saturated carbocycles. The Hall–Kier alpha value is -3.18. The molecule has 1 atom stereocenters. The maximum atomic E-state index is 13.3. The van der Waals surface area contributed by atoms with Gasteiger partial charge in [0.2, 0.25) is 5.91 Å². The first-order chi connectivity index (χ1) is 16.5. The second kappa shape index (κ2) is 11.3. The lowest BCUT2D eigenvalue weighted by Gasteiger charge is -2.34. The minimum absolute atomic E-state index is 0.0402. The Morgan fingerprint density at radius 3 is 2.38 bits per heavy atom. The second-order valence-corrected chi connectivity index (χ2v) is 9.32. The normalized spacial score (nSPS) is 15.8. The summed E-state index contributed by atoms with van der Waals surface area (Å²) in [4.78, 5) is 14.5. The van der Waals surface area contributed by atoms with E-state index in [0.717, 1.165) is 43.7 Å². The molecule has 0 spiro atoms. The van der Waals surface area contributed by atoms with Gasteiger partial charge < -0.3 is 10.1 Å². The number of nitrogens with zero attached hydrogens (tertiary/aromatic N) is 1. The molecule has 0 bridgehead atoms. The quantitative estimate of drug-likeness (QED) is 0.422. The van der Waals surface area contributed by atoms with Crippen LogP contribution < -0.4 is 10.1 Å². The van der Waals surface area contributed by atoms with Crippen LogP contribution in [0.15, 0.2) is 78.9 Å². The SMILES string of the molecule is CC(C)C(=O)Nc1cccc(C2CCN(C[C@@H](Oc3ccc(F)cc3)c3ccccc3)CC2)c1. The Morgan fingerprint density at radius 1 is 1.00 bits per heavy atom. The average Bonchev–Trinajstić information content (AvgIpc) is 2.86. The number of hydrogen-bond donors (Lipinski definition) is 1. The molecule has 34 heavy (non-hydrogen) atoms. The number of halogens is 1. The van der Waals surface area contributed by atoms with Crippen LogP contribution in [0.4, 0.5) is 10.1 Å². The number of benzene rings is 3. The highest BCUT2D eigenvalue weighted by Gasteiger charge is 2.25. The van der Waals surface area contributed by atoms with E-state index in [4.69, 9.17) is 4.74 Å². The fourth-order valence-electron chi connectivity index (χ4n) is 4.40. The monoisotopic (exact) mass is 460 g/mol. The third kappa shape index (κ3) is 6.45. The van der Waals surface area contributed by atoms with Crippen LogP contribution in [0.25, 0.3) is 0 Å². The van der Waals surface area contributed by atoms with E-state index in [9.17, 15) is 9.18 Å². The summed E-state index contributed by atoms with van der Waals surface area (Å²) >= 11 is 0. The zero-order valence-corrected chi connectivity index (χ0v) is 19.9. The highest BCUT2D eigenvalue weighted by Crippen LogP contribution is 2.31. The molecule has 3 aromatic rings. The third-order valence-electron chi connectivity index (χ3n) is 6.42. The van der Waals surface area contributed by atoms with Gasteiger partial charge in [0.05, 0.1) is 0 Å². The van der Waals surface area contributed by atoms with Crippen molar-refractivity contribution in [2.75, 3.05) is 25.0 Å². The topological polar surface area (TPSA) is 41.6 Å². The second-order valence-electron chi connectivity index (χ2n) is 9.32. The van der Waals surface area contributed by atoms with E-state index in [0.29, 0.717) is 11.7 Å². The van der Waals surface area contributed by atoms with Crippen LogP contribution in [0, 0.1) is 11.7 Å². The first kappa shape index (κ1) is 24.0. The summed E-state index contributed by atoms with van der Waals surface area (Å²) in [7, 11) is 0. The fraction of sp³-hybridized carbons (Fsp3) is 0.345. The summed E-state index contributed by atoms with van der Waals surface area (Å²) in [6.07, 6.45) is 1.98. The number of ether oxygens (including phenoxy) is 1. The predicted molar refractivity (Wildman–Crippen MR) is 135 cm³/mol. The number of amides is 1. The molecule has 0 unspecified atom stereocenters. The van der Waals surface area contributed by atoms with Gasteiger partial charge in [-0.3, -0.25) is 9.69 Å². The first-order valence-electron chi connectivity index (χ1n) is 12.1. The molecule has 5 heteroatoms. The summed E-state index contributed by atoms with van der Waals surface area (Å²) in [5, 5.41) is 3.01. The Kier molecular flexibility index (Phi) is 7.96. The van der Waals surface area contributed by atoms with E-state index >= 15 is 0 Å². The van der Waals surface area contributed by atoms with Crippen LogP contribution in [0.1, 0.15) is 49.8 Å². The van der Waals surface area contributed by atoms with Gasteiger partial charge in [-0.2, -0.15) is 0 Å². The molecule has 0 aliphatic carbocycles. The number of piperidine rings is 1. The van der Waals surface area contributed by atoms with Crippen LogP contribution in [-0.2, 0) is 4.79 Å². The van der Waals surface area contributed by atoms with E-state index < -0.39 is 0 Å². The van der Waals surface area contributed by atoms with Gasteiger partial charge in [-0.15, -0.1) is 0 Å². The molecule has 1 aliphatic rings. The van der Waals surface area contributed by atoms with Crippen molar-refractivity contribution in [1.29, 1.82) is 0 Å². The van der Waals surface area contributed by atoms with E-state index in [1.807, 2.05) is 44.2 Å². The van der Waals surface area contributed by atoms with Crippen molar-refractivity contribution in [2.45, 2.75) is 38.7 Å². The van der Waals surface area contributed by atoms with Gasteiger partial charge in [-0.05, 0) is 79.4 Å². The minimum atomic E-state index is -0.265. The van der Waals surface area contributed by atoms with Crippen LogP contribution in [0.3, 0.4) is 0 Å². The van der Waals surface area contributed by atoms with Crippen molar-refractivity contribution in [1.82, 2.24) is 4.90 Å². The summed E-state index contributed by atoms with van der Waals surface area (Å²) in [5.74, 6) is 0.880. The molecule has 0 radical (unpaired) electrons. The van der Waals surface area contributed by atoms with Crippen LogP contribution >= 0.6 is 0 Å². The van der Waals surface area contributed by atoms with Gasteiger partial charge in [0.15, 0.2) is 0 Å². The van der Waals surface area contributed by atoms with Crippen LogP contribution in [0.2, 0.25) is 0 Å². The van der Waals surface area contributed by atoms with E-state index in [1.165, 1.54) is 17.7 Å². The number of rotatable bonds is 8. The molecule has 3 aromatic carbocycles. The summed E-state index contributed by atoms with van der Waals surface area (Å²) in [6.45, 7) is 6.53. The molecule has 4 nitrogen and oxygen atoms in total. The van der Waals surface area contributed by atoms with Gasteiger partial charge >= 0.3 is 0 Å². The molecule has 1 amide bonds. The summed E-state index contributed by atoms with van der Waals surface area (Å²) in [6, 6.07) is 24.7. The fourth-order valence-corrected chi connectivity index (χ4v) is 4.40. The van der Waals surface area contributed by atoms with Crippen LogP contribution in [-0.4, -0.2) is 30.4 Å². The number of likely N-dealkylation sites (tertiary alicyclic amines) is 1. The van der Waals surface area contributed by atoms with Crippen molar-refractivity contribution < 1.29 is 13.9 Å². The molecule has 1 saturated heterocycles. The number of anilines is 1. The Morgan fingerprint density at radius 2 is 1.71 bits per heavy atom. The smallest absolute Gasteiger partial charge is 0.226 e. The molecule has 0 aromatic heterocycles. The predicted octanol–water partition coefficient (Wildman–Crippen LogP) is 6.42. The van der Waals surface area contributed by atoms with Crippen molar-refractivity contribution in [3.63, 3.8) is 0 Å².